The van der Waals surface area contributed by atoms with Crippen molar-refractivity contribution in [2.45, 2.75) is 82.5 Å². The fraction of sp³-hybridized carbons (Fsp3) is 0.826. The number of rotatable bonds is 3. The Morgan fingerprint density at radius 1 is 1.15 bits per heavy atom. The second-order valence-electron chi connectivity index (χ2n) is 11.0. The van der Waals surface area contributed by atoms with Crippen LogP contribution in [-0.4, -0.2) is 39.3 Å². The summed E-state index contributed by atoms with van der Waals surface area (Å²) in [6, 6.07) is 0. The summed E-state index contributed by atoms with van der Waals surface area (Å²) >= 11 is 0. The van der Waals surface area contributed by atoms with Gasteiger partial charge in [-0.2, -0.15) is 67.5 Å². The molecule has 1 heterocycles. The van der Waals surface area contributed by atoms with E-state index in [0.717, 1.165) is 25.7 Å². The van der Waals surface area contributed by atoms with Crippen molar-refractivity contribution in [3.05, 3.63) is 11.6 Å². The van der Waals surface area contributed by atoms with E-state index in [2.05, 4.69) is 13.8 Å². The number of aliphatic carboxylic acids is 1. The van der Waals surface area contributed by atoms with Gasteiger partial charge in [0.05, 0.1) is 11.7 Å². The third-order valence-electron chi connectivity index (χ3n) is 10.2. The summed E-state index contributed by atoms with van der Waals surface area (Å²) in [6.45, 7) is 4.54. The molecular weight excluding hydrogens is 556 g/mol. The molecule has 192 valence electrons. The van der Waals surface area contributed by atoms with Crippen molar-refractivity contribution < 1.29 is 75.9 Å². The average molecular weight is 596 g/mol. The van der Waals surface area contributed by atoms with Crippen LogP contribution in [0.5, 0.6) is 0 Å². The first-order valence-corrected chi connectivity index (χ1v) is 11.0. The molecule has 0 unspecified atom stereocenters. The first-order chi connectivity index (χ1) is 13.2. The number of carboxylic acid groups (broad SMARTS) is 1. The van der Waals surface area contributed by atoms with Gasteiger partial charge in [-0.3, -0.25) is 9.59 Å². The Bertz CT molecular complexity index is 860. The minimum absolute atomic E-state index is 0. The molecule has 11 heteroatoms. The maximum absolute atomic E-state index is 12.1. The van der Waals surface area contributed by atoms with Crippen molar-refractivity contribution in [3.63, 3.8) is 0 Å². The normalized spacial score (nSPS) is 47.7. The summed E-state index contributed by atoms with van der Waals surface area (Å²) in [5.41, 5.74) is -0.0168. The largest absolute Gasteiger partial charge is 1.00 e. The molecule has 5 aliphatic carbocycles. The molecule has 5 nitrogen and oxygen atoms in total. The smallest absolute Gasteiger partial charge is 0.481 e. The molecular formula is C23H40KO5S5+. The van der Waals surface area contributed by atoms with Crippen LogP contribution in [0.2, 0.25) is 0 Å². The number of carbonyl (C=O) groups is 2. The molecule has 0 aromatic carbocycles. The quantitative estimate of drug-likeness (QED) is 0.370. The van der Waals surface area contributed by atoms with Crippen LogP contribution in [0.25, 0.3) is 0 Å². The zero-order valence-corrected chi connectivity index (χ0v) is 28.4. The number of epoxide rings is 1. The fourth-order valence-electron chi connectivity index (χ4n) is 8.66. The van der Waals surface area contributed by atoms with Crippen LogP contribution in [0, 0.1) is 34.5 Å². The number of fused-ring (bicyclic) bond motifs is 6. The standard InChI is InChI=1S/C23H30O5.K.5H2S/c1-20-6-3-12(24)9-16(20)13-10-14(13)19-15-4-7-22(27,8-5-18(25)26)21(15,2)11-17-23(19,20)28-17;;;;;;/h9,13-15,17,19,27H,3-8,10-11H2,1-2H3,(H,25,26);;5*1H2/q;+1;;;;;/t13-,14+,15+,17-,19+,20+,21+,22-,23-;;;;;;/m1....../s1. The van der Waals surface area contributed by atoms with Gasteiger partial charge >= 0.3 is 57.4 Å². The number of hydrogen-bond donors (Lipinski definition) is 2. The van der Waals surface area contributed by atoms with Gasteiger partial charge < -0.3 is 14.9 Å². The van der Waals surface area contributed by atoms with E-state index in [-0.39, 0.29) is 154 Å². The molecule has 0 aromatic rings. The van der Waals surface area contributed by atoms with Crippen molar-refractivity contribution in [1.82, 2.24) is 0 Å². The van der Waals surface area contributed by atoms with E-state index >= 15 is 0 Å². The third kappa shape index (κ3) is 4.43. The number of carboxylic acids is 1. The molecule has 6 aliphatic rings. The SMILES string of the molecule is C[C@]12CCC(=O)C=C1[C@@H]1C[C@@H]1[C@H]1[C@@H]3CC[C@@](O)(CCC(=O)O)[C@@]3(C)C[C@H]3O[C@@]132.S.S.S.S.S.[K+]. The molecule has 0 bridgehead atoms. The number of ether oxygens (including phenoxy) is 1. The minimum atomic E-state index is -0.905. The topological polar surface area (TPSA) is 87.1 Å². The second kappa shape index (κ2) is 11.4. The van der Waals surface area contributed by atoms with Crippen LogP contribution in [-0.2, 0) is 14.3 Å². The molecule has 0 radical (unpaired) electrons. The van der Waals surface area contributed by atoms with Crippen LogP contribution in [0.4, 0.5) is 0 Å². The van der Waals surface area contributed by atoms with E-state index in [4.69, 9.17) is 4.74 Å². The maximum Gasteiger partial charge on any atom is 1.00 e. The molecule has 1 spiro atoms. The van der Waals surface area contributed by atoms with Gasteiger partial charge in [0.15, 0.2) is 5.78 Å². The Balaban J connectivity index is 0.00000181. The molecule has 4 saturated carbocycles. The molecule has 1 aliphatic heterocycles. The molecule has 5 fully saturated rings. The number of carbonyl (C=O) groups excluding carboxylic acids is 1. The number of ketones is 1. The molecule has 2 N–H and O–H groups in total. The third-order valence-corrected chi connectivity index (χ3v) is 10.2. The van der Waals surface area contributed by atoms with E-state index in [1.165, 1.54) is 5.57 Å². The van der Waals surface area contributed by atoms with Gasteiger partial charge in [-0.05, 0) is 68.3 Å². The Morgan fingerprint density at radius 2 is 1.79 bits per heavy atom. The minimum Gasteiger partial charge on any atom is -0.481 e. The molecule has 0 aromatic heterocycles. The summed E-state index contributed by atoms with van der Waals surface area (Å²) in [5.74, 6) is 1.36. The van der Waals surface area contributed by atoms with E-state index in [9.17, 15) is 19.8 Å². The summed E-state index contributed by atoms with van der Waals surface area (Å²) in [4.78, 5) is 23.3. The molecule has 6 rings (SSSR count). The summed E-state index contributed by atoms with van der Waals surface area (Å²) in [6.07, 6.45) is 7.59. The van der Waals surface area contributed by atoms with Crippen molar-refractivity contribution in [2.24, 2.45) is 34.5 Å². The number of aliphatic hydroxyl groups is 1. The average Bonchev–Trinajstić information content (AvgIpc) is 3.52. The predicted molar refractivity (Wildman–Crippen MR) is 152 cm³/mol. The molecule has 9 atom stereocenters. The van der Waals surface area contributed by atoms with Crippen LogP contribution in [0.15, 0.2) is 11.6 Å². The summed E-state index contributed by atoms with van der Waals surface area (Å²) in [7, 11) is 0. The van der Waals surface area contributed by atoms with Crippen LogP contribution < -0.4 is 51.4 Å². The monoisotopic (exact) mass is 595 g/mol. The zero-order valence-electron chi connectivity index (χ0n) is 20.2. The van der Waals surface area contributed by atoms with E-state index in [0.29, 0.717) is 42.9 Å². The second-order valence-corrected chi connectivity index (χ2v) is 11.0. The van der Waals surface area contributed by atoms with Crippen molar-refractivity contribution in [3.8, 4) is 0 Å². The maximum atomic E-state index is 12.1. The predicted octanol–water partition coefficient (Wildman–Crippen LogP) is 0.669. The van der Waals surface area contributed by atoms with E-state index in [1.807, 2.05) is 6.08 Å². The van der Waals surface area contributed by atoms with Gasteiger partial charge in [0.1, 0.15) is 5.60 Å². The number of hydrogen-bond acceptors (Lipinski definition) is 4. The van der Waals surface area contributed by atoms with Crippen LogP contribution >= 0.6 is 67.5 Å². The van der Waals surface area contributed by atoms with Crippen molar-refractivity contribution in [1.29, 1.82) is 0 Å². The molecule has 34 heavy (non-hydrogen) atoms. The van der Waals surface area contributed by atoms with Crippen LogP contribution in [0.3, 0.4) is 0 Å². The fourth-order valence-corrected chi connectivity index (χ4v) is 8.66. The van der Waals surface area contributed by atoms with Gasteiger partial charge in [0, 0.05) is 23.7 Å². The van der Waals surface area contributed by atoms with Gasteiger partial charge in [-0.1, -0.05) is 19.4 Å². The first-order valence-electron chi connectivity index (χ1n) is 11.0. The Kier molecular flexibility index (Phi) is 12.1. The van der Waals surface area contributed by atoms with Gasteiger partial charge in [-0.25, -0.2) is 0 Å². The van der Waals surface area contributed by atoms with E-state index < -0.39 is 11.6 Å². The van der Waals surface area contributed by atoms with Gasteiger partial charge in [0.25, 0.3) is 0 Å². The van der Waals surface area contributed by atoms with Gasteiger partial charge in [-0.15, -0.1) is 0 Å². The van der Waals surface area contributed by atoms with Gasteiger partial charge in [0.2, 0.25) is 0 Å². The Labute approximate surface area is 280 Å². The summed E-state index contributed by atoms with van der Waals surface area (Å²) < 4.78 is 6.62. The molecule has 1 saturated heterocycles. The zero-order chi connectivity index (χ0) is 19.7. The Hall–Kier alpha value is 2.19. The van der Waals surface area contributed by atoms with Crippen molar-refractivity contribution in [2.75, 3.05) is 0 Å². The molecule has 0 amide bonds. The van der Waals surface area contributed by atoms with E-state index in [1.54, 1.807) is 0 Å². The van der Waals surface area contributed by atoms with Crippen molar-refractivity contribution >= 4 is 79.2 Å². The Morgan fingerprint density at radius 3 is 2.41 bits per heavy atom. The van der Waals surface area contributed by atoms with Crippen LogP contribution in [0.1, 0.15) is 65.2 Å². The first kappa shape index (κ1) is 36.2. The summed E-state index contributed by atoms with van der Waals surface area (Å²) in [5, 5.41) is 20.8.